The van der Waals surface area contributed by atoms with Gasteiger partial charge in [-0.3, -0.25) is 4.90 Å². The van der Waals surface area contributed by atoms with Crippen LogP contribution in [0.2, 0.25) is 4.34 Å². The number of hydrogen-bond acceptors (Lipinski definition) is 3. The van der Waals surface area contributed by atoms with Crippen molar-refractivity contribution in [1.82, 2.24) is 4.90 Å². The lowest BCUT2D eigenvalue weighted by molar-refractivity contribution is 0.119. The van der Waals surface area contributed by atoms with E-state index < -0.39 is 0 Å². The van der Waals surface area contributed by atoms with Crippen molar-refractivity contribution in [3.63, 3.8) is 0 Å². The number of halogens is 1. The van der Waals surface area contributed by atoms with E-state index in [1.54, 1.807) is 11.3 Å². The fraction of sp³-hybridized carbons (Fsp3) is 0.733. The highest BCUT2D eigenvalue weighted by molar-refractivity contribution is 7.16. The molecule has 2 N–H and O–H groups in total. The van der Waals surface area contributed by atoms with E-state index in [0.717, 1.165) is 4.34 Å². The summed E-state index contributed by atoms with van der Waals surface area (Å²) in [6.07, 6.45) is 6.51. The Morgan fingerprint density at radius 2 is 2.21 bits per heavy atom. The third kappa shape index (κ3) is 3.72. The molecule has 1 aromatic rings. The van der Waals surface area contributed by atoms with E-state index >= 15 is 0 Å². The van der Waals surface area contributed by atoms with Gasteiger partial charge in [0.15, 0.2) is 0 Å². The Morgan fingerprint density at radius 3 is 2.79 bits per heavy atom. The zero-order chi connectivity index (χ0) is 13.8. The minimum atomic E-state index is 0.141. The van der Waals surface area contributed by atoms with Gasteiger partial charge in [0.1, 0.15) is 0 Å². The standard InChI is InChI=1S/C15H25ClN2S/c1-3-12-7-5-4-6-10-18(12)15(11(2)17)13-8-9-14(16)19-13/h8-9,11-12,15H,3-7,10,17H2,1-2H3. The lowest BCUT2D eigenvalue weighted by Gasteiger charge is -2.38. The maximum atomic E-state index is 6.30. The third-order valence-electron chi connectivity index (χ3n) is 4.13. The number of nitrogens with two attached hydrogens (primary N) is 1. The summed E-state index contributed by atoms with van der Waals surface area (Å²) < 4.78 is 0.864. The monoisotopic (exact) mass is 300 g/mol. The highest BCUT2D eigenvalue weighted by atomic mass is 35.5. The van der Waals surface area contributed by atoms with Gasteiger partial charge in [-0.1, -0.05) is 31.4 Å². The Kier molecular flexibility index (Phi) is 5.70. The molecular formula is C15H25ClN2S. The Hall–Kier alpha value is -0.0900. The summed E-state index contributed by atoms with van der Waals surface area (Å²) in [6.45, 7) is 5.58. The summed E-state index contributed by atoms with van der Waals surface area (Å²) in [5, 5.41) is 0. The van der Waals surface area contributed by atoms with E-state index in [9.17, 15) is 0 Å². The first kappa shape index (κ1) is 15.3. The van der Waals surface area contributed by atoms with E-state index in [0.29, 0.717) is 12.1 Å². The van der Waals surface area contributed by atoms with Gasteiger partial charge in [0.05, 0.1) is 10.4 Å². The SMILES string of the molecule is CCC1CCCCCN1C(c1ccc(Cl)s1)C(C)N. The van der Waals surface area contributed by atoms with E-state index in [1.165, 1.54) is 43.5 Å². The van der Waals surface area contributed by atoms with Gasteiger partial charge in [0, 0.05) is 17.0 Å². The Morgan fingerprint density at radius 1 is 1.42 bits per heavy atom. The van der Waals surface area contributed by atoms with Gasteiger partial charge in [0.2, 0.25) is 0 Å². The van der Waals surface area contributed by atoms with Crippen molar-refractivity contribution in [3.05, 3.63) is 21.3 Å². The van der Waals surface area contributed by atoms with Crippen molar-refractivity contribution in [2.75, 3.05) is 6.54 Å². The molecule has 1 aromatic heterocycles. The molecule has 3 unspecified atom stereocenters. The quantitative estimate of drug-likeness (QED) is 0.890. The first-order chi connectivity index (χ1) is 9.13. The fourth-order valence-corrected chi connectivity index (χ4v) is 4.51. The molecule has 108 valence electrons. The third-order valence-corrected chi connectivity index (χ3v) is 5.44. The molecule has 1 saturated heterocycles. The second-order valence-corrected chi connectivity index (χ2v) is 7.34. The van der Waals surface area contributed by atoms with Crippen molar-refractivity contribution >= 4 is 22.9 Å². The second kappa shape index (κ2) is 7.07. The topological polar surface area (TPSA) is 29.3 Å². The molecule has 2 nitrogen and oxygen atoms in total. The van der Waals surface area contributed by atoms with Crippen LogP contribution >= 0.6 is 22.9 Å². The van der Waals surface area contributed by atoms with Crippen LogP contribution in [0.1, 0.15) is 56.9 Å². The van der Waals surface area contributed by atoms with Crippen LogP contribution in [0.25, 0.3) is 0 Å². The molecule has 0 amide bonds. The maximum Gasteiger partial charge on any atom is 0.0931 e. The fourth-order valence-electron chi connectivity index (χ4n) is 3.22. The molecule has 2 rings (SSSR count). The normalized spacial score (nSPS) is 24.9. The van der Waals surface area contributed by atoms with E-state index in [1.807, 2.05) is 6.07 Å². The first-order valence-electron chi connectivity index (χ1n) is 7.40. The van der Waals surface area contributed by atoms with Crippen LogP contribution in [-0.4, -0.2) is 23.5 Å². The molecule has 3 atom stereocenters. The Balaban J connectivity index is 2.25. The van der Waals surface area contributed by atoms with E-state index in [2.05, 4.69) is 24.8 Å². The second-order valence-electron chi connectivity index (χ2n) is 5.60. The maximum absolute atomic E-state index is 6.30. The van der Waals surface area contributed by atoms with Crippen LogP contribution < -0.4 is 5.73 Å². The van der Waals surface area contributed by atoms with Gasteiger partial charge in [-0.2, -0.15) is 0 Å². The number of hydrogen-bond donors (Lipinski definition) is 1. The summed E-state index contributed by atoms with van der Waals surface area (Å²) in [5.74, 6) is 0. The predicted octanol–water partition coefficient (Wildman–Crippen LogP) is 4.44. The largest absolute Gasteiger partial charge is 0.326 e. The average Bonchev–Trinajstić information content (AvgIpc) is 2.65. The summed E-state index contributed by atoms with van der Waals surface area (Å²) in [5.41, 5.74) is 6.30. The average molecular weight is 301 g/mol. The zero-order valence-corrected chi connectivity index (χ0v) is 13.5. The molecule has 0 spiro atoms. The number of rotatable bonds is 4. The minimum Gasteiger partial charge on any atom is -0.326 e. The van der Waals surface area contributed by atoms with Crippen molar-refractivity contribution < 1.29 is 0 Å². The molecule has 1 aliphatic heterocycles. The van der Waals surface area contributed by atoms with Crippen LogP contribution in [0, 0.1) is 0 Å². The van der Waals surface area contributed by atoms with Gasteiger partial charge in [0.25, 0.3) is 0 Å². The van der Waals surface area contributed by atoms with Crippen molar-refractivity contribution in [2.24, 2.45) is 5.73 Å². The van der Waals surface area contributed by atoms with Crippen molar-refractivity contribution in [3.8, 4) is 0 Å². The molecule has 19 heavy (non-hydrogen) atoms. The molecule has 1 fully saturated rings. The minimum absolute atomic E-state index is 0.141. The molecular weight excluding hydrogens is 276 g/mol. The molecule has 0 radical (unpaired) electrons. The van der Waals surface area contributed by atoms with Crippen LogP contribution in [0.4, 0.5) is 0 Å². The number of thiophene rings is 1. The smallest absolute Gasteiger partial charge is 0.0931 e. The highest BCUT2D eigenvalue weighted by Gasteiger charge is 2.31. The van der Waals surface area contributed by atoms with Crippen molar-refractivity contribution in [2.45, 2.75) is 64.1 Å². The number of nitrogens with zero attached hydrogens (tertiary/aromatic N) is 1. The summed E-state index contributed by atoms with van der Waals surface area (Å²) >= 11 is 7.79. The highest BCUT2D eigenvalue weighted by Crippen LogP contribution is 2.36. The zero-order valence-electron chi connectivity index (χ0n) is 11.9. The first-order valence-corrected chi connectivity index (χ1v) is 8.59. The molecule has 1 aliphatic rings. The van der Waals surface area contributed by atoms with Gasteiger partial charge in [-0.15, -0.1) is 11.3 Å². The molecule has 0 aromatic carbocycles. The van der Waals surface area contributed by atoms with Crippen LogP contribution in [0.5, 0.6) is 0 Å². The number of likely N-dealkylation sites (tertiary alicyclic amines) is 1. The van der Waals surface area contributed by atoms with Crippen molar-refractivity contribution in [1.29, 1.82) is 0 Å². The lowest BCUT2D eigenvalue weighted by Crippen LogP contribution is -2.44. The summed E-state index contributed by atoms with van der Waals surface area (Å²) in [6, 6.07) is 5.27. The van der Waals surface area contributed by atoms with Gasteiger partial charge >= 0.3 is 0 Å². The van der Waals surface area contributed by atoms with Crippen LogP contribution in [-0.2, 0) is 0 Å². The predicted molar refractivity (Wildman–Crippen MR) is 85.0 cm³/mol. The van der Waals surface area contributed by atoms with Gasteiger partial charge in [-0.05, 0) is 44.9 Å². The Labute approximate surface area is 125 Å². The van der Waals surface area contributed by atoms with Gasteiger partial charge in [-0.25, -0.2) is 0 Å². The Bertz CT molecular complexity index is 391. The molecule has 0 saturated carbocycles. The summed E-state index contributed by atoms with van der Waals surface area (Å²) in [4.78, 5) is 3.96. The van der Waals surface area contributed by atoms with E-state index in [-0.39, 0.29) is 6.04 Å². The molecule has 0 bridgehead atoms. The molecule has 0 aliphatic carbocycles. The molecule has 4 heteroatoms. The van der Waals surface area contributed by atoms with E-state index in [4.69, 9.17) is 17.3 Å². The lowest BCUT2D eigenvalue weighted by atomic mass is 10.0. The van der Waals surface area contributed by atoms with Gasteiger partial charge < -0.3 is 5.73 Å². The molecule has 2 heterocycles. The summed E-state index contributed by atoms with van der Waals surface area (Å²) in [7, 11) is 0. The van der Waals surface area contributed by atoms with Crippen LogP contribution in [0.15, 0.2) is 12.1 Å². The van der Waals surface area contributed by atoms with Crippen LogP contribution in [0.3, 0.4) is 0 Å².